The lowest BCUT2D eigenvalue weighted by Gasteiger charge is -2.15. The first-order valence-electron chi connectivity index (χ1n) is 6.55. The highest BCUT2D eigenvalue weighted by Gasteiger charge is 2.10. The number of nitrogens with zero attached hydrogens (tertiary/aromatic N) is 2. The maximum absolute atomic E-state index is 5.32. The van der Waals surface area contributed by atoms with Crippen LogP contribution in [0.2, 0.25) is 0 Å². The number of aromatic nitrogens is 2. The zero-order chi connectivity index (χ0) is 13.4. The summed E-state index contributed by atoms with van der Waals surface area (Å²) < 4.78 is 7.55. The van der Waals surface area contributed by atoms with E-state index in [1.807, 2.05) is 25.6 Å². The summed E-state index contributed by atoms with van der Waals surface area (Å²) in [6.45, 7) is 8.79. The molecule has 1 unspecified atom stereocenters. The second-order valence-corrected chi connectivity index (χ2v) is 5.31. The minimum atomic E-state index is 0.468. The van der Waals surface area contributed by atoms with Crippen LogP contribution in [-0.2, 0) is 4.74 Å². The third-order valence-electron chi connectivity index (χ3n) is 2.69. The largest absolute Gasteiger partial charge is 0.382 e. The molecule has 0 aliphatic rings. The van der Waals surface area contributed by atoms with E-state index < -0.39 is 0 Å². The molecule has 0 saturated heterocycles. The van der Waals surface area contributed by atoms with Crippen LogP contribution in [0.3, 0.4) is 0 Å². The van der Waals surface area contributed by atoms with Crippen molar-refractivity contribution in [2.45, 2.75) is 33.2 Å². The van der Waals surface area contributed by atoms with Gasteiger partial charge in [-0.3, -0.25) is 0 Å². The Hall–Kier alpha value is -0.680. The minimum absolute atomic E-state index is 0.468. The highest BCUT2D eigenvalue weighted by Crippen LogP contribution is 2.18. The molecule has 1 N–H and O–H groups in total. The summed E-state index contributed by atoms with van der Waals surface area (Å²) >= 11 is 1.86. The molecule has 5 heteroatoms. The molecule has 0 spiro atoms. The molecule has 1 aromatic rings. The summed E-state index contributed by atoms with van der Waals surface area (Å²) in [6.07, 6.45) is 5.26. The molecule has 0 radical (unpaired) electrons. The molecule has 0 fully saturated rings. The fourth-order valence-electron chi connectivity index (χ4n) is 1.82. The van der Waals surface area contributed by atoms with Crippen LogP contribution in [0.5, 0.6) is 0 Å². The molecule has 1 atom stereocenters. The van der Waals surface area contributed by atoms with Gasteiger partial charge in [0, 0.05) is 37.8 Å². The van der Waals surface area contributed by atoms with Gasteiger partial charge in [0.05, 0.1) is 5.69 Å². The predicted molar refractivity (Wildman–Crippen MR) is 79.7 cm³/mol. The van der Waals surface area contributed by atoms with Crippen molar-refractivity contribution in [1.82, 2.24) is 9.55 Å². The third kappa shape index (κ3) is 4.90. The van der Waals surface area contributed by atoms with Crippen LogP contribution in [0, 0.1) is 6.92 Å². The van der Waals surface area contributed by atoms with Crippen LogP contribution in [0.25, 0.3) is 0 Å². The van der Waals surface area contributed by atoms with Gasteiger partial charge in [-0.25, -0.2) is 4.98 Å². The van der Waals surface area contributed by atoms with E-state index in [0.717, 1.165) is 43.6 Å². The van der Waals surface area contributed by atoms with Crippen molar-refractivity contribution in [1.29, 1.82) is 0 Å². The van der Waals surface area contributed by atoms with Crippen LogP contribution in [0.15, 0.2) is 6.20 Å². The highest BCUT2D eigenvalue weighted by molar-refractivity contribution is 7.98. The van der Waals surface area contributed by atoms with E-state index in [9.17, 15) is 0 Å². The average Bonchev–Trinajstić information content (AvgIpc) is 2.71. The molecule has 0 aliphatic heterocycles. The molecule has 0 bridgehead atoms. The Morgan fingerprint density at radius 2 is 2.33 bits per heavy atom. The third-order valence-corrected chi connectivity index (χ3v) is 3.50. The normalized spacial score (nSPS) is 12.7. The number of aryl methyl sites for hydroxylation is 1. The lowest BCUT2D eigenvalue weighted by Crippen LogP contribution is -2.14. The van der Waals surface area contributed by atoms with Gasteiger partial charge in [-0.2, -0.15) is 11.8 Å². The number of hydrogen-bond donors (Lipinski definition) is 1. The van der Waals surface area contributed by atoms with E-state index in [1.54, 1.807) is 0 Å². The quantitative estimate of drug-likeness (QED) is 0.701. The summed E-state index contributed by atoms with van der Waals surface area (Å²) in [4.78, 5) is 4.53. The molecule has 104 valence electrons. The maximum Gasteiger partial charge on any atom is 0.203 e. The SMILES string of the molecule is CCOCCCNc1nc(C)cn1C(C)CSC. The molecule has 0 amide bonds. The average molecular weight is 271 g/mol. The van der Waals surface area contributed by atoms with Gasteiger partial charge in [-0.15, -0.1) is 0 Å². The van der Waals surface area contributed by atoms with Crippen molar-refractivity contribution in [2.75, 3.05) is 37.1 Å². The Labute approximate surface area is 115 Å². The fraction of sp³-hybridized carbons (Fsp3) is 0.769. The van der Waals surface area contributed by atoms with Gasteiger partial charge in [-0.1, -0.05) is 0 Å². The Balaban J connectivity index is 2.48. The van der Waals surface area contributed by atoms with Crippen LogP contribution in [0.1, 0.15) is 32.0 Å². The molecule has 1 rings (SSSR count). The number of ether oxygens (including phenoxy) is 1. The molecule has 18 heavy (non-hydrogen) atoms. The summed E-state index contributed by atoms with van der Waals surface area (Å²) in [5.41, 5.74) is 1.07. The monoisotopic (exact) mass is 271 g/mol. The van der Waals surface area contributed by atoms with Gasteiger partial charge < -0.3 is 14.6 Å². The van der Waals surface area contributed by atoms with Gasteiger partial charge in [0.1, 0.15) is 0 Å². The van der Waals surface area contributed by atoms with Gasteiger partial charge in [0.15, 0.2) is 0 Å². The van der Waals surface area contributed by atoms with Gasteiger partial charge in [0.2, 0.25) is 5.95 Å². The summed E-state index contributed by atoms with van der Waals surface area (Å²) in [7, 11) is 0. The van der Waals surface area contributed by atoms with Crippen molar-refractivity contribution in [3.05, 3.63) is 11.9 Å². The lowest BCUT2D eigenvalue weighted by atomic mass is 10.4. The number of anilines is 1. The van der Waals surface area contributed by atoms with E-state index in [1.165, 1.54) is 0 Å². The van der Waals surface area contributed by atoms with Crippen LogP contribution in [-0.4, -0.2) is 41.3 Å². The Kier molecular flexibility index (Phi) is 7.20. The van der Waals surface area contributed by atoms with E-state index in [-0.39, 0.29) is 0 Å². The molecule has 1 aromatic heterocycles. The number of nitrogens with one attached hydrogen (secondary N) is 1. The van der Waals surface area contributed by atoms with Crippen LogP contribution >= 0.6 is 11.8 Å². The second kappa shape index (κ2) is 8.43. The first kappa shape index (κ1) is 15.4. The van der Waals surface area contributed by atoms with Gasteiger partial charge in [0.25, 0.3) is 0 Å². The molecule has 0 aliphatic carbocycles. The van der Waals surface area contributed by atoms with Crippen LogP contribution in [0.4, 0.5) is 5.95 Å². The smallest absolute Gasteiger partial charge is 0.203 e. The Morgan fingerprint density at radius 1 is 1.56 bits per heavy atom. The zero-order valence-electron chi connectivity index (χ0n) is 11.9. The van der Waals surface area contributed by atoms with Gasteiger partial charge in [-0.05, 0) is 33.4 Å². The first-order chi connectivity index (χ1) is 8.69. The minimum Gasteiger partial charge on any atom is -0.382 e. The lowest BCUT2D eigenvalue weighted by molar-refractivity contribution is 0.147. The van der Waals surface area contributed by atoms with Crippen molar-refractivity contribution < 1.29 is 4.74 Å². The molecular formula is C13H25N3OS. The highest BCUT2D eigenvalue weighted by atomic mass is 32.2. The molecular weight excluding hydrogens is 246 g/mol. The first-order valence-corrected chi connectivity index (χ1v) is 7.94. The standard InChI is InChI=1S/C13H25N3OS/c1-5-17-8-6-7-14-13-15-11(2)9-16(13)12(3)10-18-4/h9,12H,5-8,10H2,1-4H3,(H,14,15). The Bertz CT molecular complexity index is 341. The predicted octanol–water partition coefficient (Wildman–Crippen LogP) is 2.95. The number of imidazole rings is 1. The van der Waals surface area contributed by atoms with Crippen molar-refractivity contribution >= 4 is 17.7 Å². The Morgan fingerprint density at radius 3 is 3.00 bits per heavy atom. The van der Waals surface area contributed by atoms with Crippen molar-refractivity contribution in [2.24, 2.45) is 0 Å². The number of hydrogen-bond acceptors (Lipinski definition) is 4. The molecule has 4 nitrogen and oxygen atoms in total. The van der Waals surface area contributed by atoms with Gasteiger partial charge >= 0.3 is 0 Å². The van der Waals surface area contributed by atoms with Crippen molar-refractivity contribution in [3.8, 4) is 0 Å². The summed E-state index contributed by atoms with van der Waals surface area (Å²) in [5, 5.41) is 3.39. The molecule has 0 aromatic carbocycles. The van der Waals surface area contributed by atoms with E-state index in [0.29, 0.717) is 6.04 Å². The van der Waals surface area contributed by atoms with E-state index in [2.05, 4.69) is 34.2 Å². The van der Waals surface area contributed by atoms with E-state index >= 15 is 0 Å². The summed E-state index contributed by atoms with van der Waals surface area (Å²) in [6, 6.07) is 0.468. The second-order valence-electron chi connectivity index (χ2n) is 4.39. The number of thioether (sulfide) groups is 1. The van der Waals surface area contributed by atoms with Crippen molar-refractivity contribution in [3.63, 3.8) is 0 Å². The zero-order valence-corrected chi connectivity index (χ0v) is 12.7. The fourth-order valence-corrected chi connectivity index (χ4v) is 2.47. The summed E-state index contributed by atoms with van der Waals surface area (Å²) in [5.74, 6) is 2.08. The molecule has 0 saturated carbocycles. The maximum atomic E-state index is 5.32. The number of rotatable bonds is 9. The topological polar surface area (TPSA) is 39.1 Å². The van der Waals surface area contributed by atoms with Crippen LogP contribution < -0.4 is 5.32 Å². The van der Waals surface area contributed by atoms with E-state index in [4.69, 9.17) is 4.74 Å². The molecule has 1 heterocycles.